The first-order valence-corrected chi connectivity index (χ1v) is 36.3. The molecule has 0 saturated heterocycles. The van der Waals surface area contributed by atoms with Crippen LogP contribution in [0.1, 0.15) is 127 Å². The van der Waals surface area contributed by atoms with Gasteiger partial charge < -0.3 is 86.9 Å². The SMILES string of the molecule is CCCOCCOCCN1CCNC(=O)c2cccc(c2O)C(=O)NCCN(CCN2CCNC(=O)c3cccc(c3C)C(=O)NCCN(CCOCCOCCOC)CC(CCCCN)NC(=O)c3cccc(c3O)C(=O)NCC2)CCNC(=O)c2cccc(c2OCc2ccccc2)C(=O)NCC1. The smallest absolute Gasteiger partial charge is 0.255 e. The molecule has 8 amide bonds. The van der Waals surface area contributed by atoms with Crippen molar-refractivity contribution in [2.45, 2.75) is 52.2 Å². The van der Waals surface area contributed by atoms with Crippen molar-refractivity contribution in [1.82, 2.24) is 62.1 Å². The molecule has 2 aliphatic heterocycles. The van der Waals surface area contributed by atoms with E-state index < -0.39 is 58.9 Å². The van der Waals surface area contributed by atoms with E-state index in [9.17, 15) is 48.6 Å². The maximum atomic E-state index is 14.5. The van der Waals surface area contributed by atoms with Crippen LogP contribution in [0.2, 0.25) is 0 Å². The largest absolute Gasteiger partial charge is 0.506 e. The van der Waals surface area contributed by atoms with Crippen molar-refractivity contribution >= 4 is 47.3 Å². The summed E-state index contributed by atoms with van der Waals surface area (Å²) >= 11 is 0. The van der Waals surface area contributed by atoms with Crippen LogP contribution in [0.3, 0.4) is 0 Å². The van der Waals surface area contributed by atoms with Crippen LogP contribution in [0.4, 0.5) is 0 Å². The Labute approximate surface area is 615 Å². The summed E-state index contributed by atoms with van der Waals surface area (Å²) in [6.45, 7) is 12.2. The van der Waals surface area contributed by atoms with Crippen molar-refractivity contribution < 1.29 is 77.0 Å². The number of fused-ring (bicyclic) bond motifs is 8. The number of nitrogens with zero attached hydrogens (tertiary/aromatic N) is 4. The first-order chi connectivity index (χ1) is 51.1. The molecule has 2 aliphatic rings. The zero-order chi connectivity index (χ0) is 75.0. The Hall–Kier alpha value is -9.14. The molecule has 0 radical (unpaired) electrons. The van der Waals surface area contributed by atoms with Crippen LogP contribution in [-0.4, -0.2) is 281 Å². The molecule has 2 heterocycles. The third-order valence-electron chi connectivity index (χ3n) is 17.8. The highest BCUT2D eigenvalue weighted by Crippen LogP contribution is 2.27. The summed E-state index contributed by atoms with van der Waals surface area (Å²) < 4.78 is 34.3. The Morgan fingerprint density at radius 3 is 1.19 bits per heavy atom. The van der Waals surface area contributed by atoms with E-state index in [4.69, 9.17) is 34.2 Å². The van der Waals surface area contributed by atoms with Gasteiger partial charge in [0, 0.05) is 155 Å². The molecule has 5 aromatic rings. The van der Waals surface area contributed by atoms with Crippen LogP contribution < -0.4 is 53.0 Å². The molecule has 0 aromatic heterocycles. The fourth-order valence-corrected chi connectivity index (χ4v) is 11.9. The number of hydrogen-bond donors (Lipinski definition) is 11. The zero-order valence-electron chi connectivity index (χ0n) is 60.9. The van der Waals surface area contributed by atoms with Gasteiger partial charge in [0.15, 0.2) is 0 Å². The topological polar surface area (TPSA) is 368 Å². The number of phenols is 2. The van der Waals surface area contributed by atoms with E-state index in [1.165, 1.54) is 36.4 Å². The third-order valence-corrected chi connectivity index (χ3v) is 17.8. The predicted molar refractivity (Wildman–Crippen MR) is 396 cm³/mol. The molecular weight excluding hydrogens is 1350 g/mol. The number of carbonyl (C=O) groups excluding carboxylic acids is 8. The molecular formula is C76H107N13O16. The van der Waals surface area contributed by atoms with Crippen molar-refractivity contribution in [2.24, 2.45) is 5.73 Å². The second kappa shape index (κ2) is 46.6. The molecule has 1 unspecified atom stereocenters. The number of para-hydroxylation sites is 3. The number of hydrogen-bond acceptors (Lipinski definition) is 21. The molecule has 29 nitrogen and oxygen atoms in total. The van der Waals surface area contributed by atoms with Gasteiger partial charge in [-0.2, -0.15) is 0 Å². The molecule has 0 saturated carbocycles. The van der Waals surface area contributed by atoms with Gasteiger partial charge >= 0.3 is 0 Å². The Morgan fingerprint density at radius 2 is 0.762 bits per heavy atom. The number of aromatic hydroxyl groups is 2. The van der Waals surface area contributed by atoms with E-state index in [2.05, 4.69) is 47.4 Å². The summed E-state index contributed by atoms with van der Waals surface area (Å²) in [6.07, 6.45) is 2.78. The highest BCUT2D eigenvalue weighted by molar-refractivity contribution is 6.06. The normalized spacial score (nSPS) is 17.1. The second-order valence-electron chi connectivity index (χ2n) is 25.4. The maximum Gasteiger partial charge on any atom is 0.255 e. The molecule has 29 heteroatoms. The van der Waals surface area contributed by atoms with Gasteiger partial charge in [0.25, 0.3) is 47.3 Å². The molecule has 1 atom stereocenters. The van der Waals surface area contributed by atoms with Gasteiger partial charge in [-0.3, -0.25) is 58.0 Å². The van der Waals surface area contributed by atoms with Crippen LogP contribution >= 0.6 is 0 Å². The van der Waals surface area contributed by atoms with Crippen LogP contribution in [0.15, 0.2) is 103 Å². The van der Waals surface area contributed by atoms with E-state index >= 15 is 0 Å². The van der Waals surface area contributed by atoms with Gasteiger partial charge in [-0.25, -0.2) is 0 Å². The van der Waals surface area contributed by atoms with E-state index in [0.29, 0.717) is 136 Å². The van der Waals surface area contributed by atoms with E-state index in [1.54, 1.807) is 50.4 Å². The van der Waals surface area contributed by atoms with Crippen molar-refractivity contribution in [3.63, 3.8) is 0 Å². The van der Waals surface area contributed by atoms with Crippen LogP contribution in [0.25, 0.3) is 0 Å². The lowest BCUT2D eigenvalue weighted by molar-refractivity contribution is 0.0189. The number of ether oxygens (including phenoxy) is 6. The van der Waals surface area contributed by atoms with Gasteiger partial charge in [-0.15, -0.1) is 0 Å². The number of nitrogens with two attached hydrogens (primary N) is 1. The summed E-state index contributed by atoms with van der Waals surface area (Å²) in [4.78, 5) is 121. The summed E-state index contributed by atoms with van der Waals surface area (Å²) in [6, 6.07) is 27.3. The van der Waals surface area contributed by atoms with Gasteiger partial charge in [0.2, 0.25) is 0 Å². The van der Waals surface area contributed by atoms with Gasteiger partial charge in [-0.05, 0) is 92.4 Å². The molecule has 12 N–H and O–H groups in total. The number of rotatable bonds is 27. The minimum absolute atomic E-state index is 0.0294. The number of phenolic OH excluding ortho intramolecular Hbond substituents is 2. The number of benzene rings is 5. The lowest BCUT2D eigenvalue weighted by Gasteiger charge is -2.29. The molecule has 0 spiro atoms. The highest BCUT2D eigenvalue weighted by atomic mass is 16.5. The van der Waals surface area contributed by atoms with Crippen LogP contribution in [-0.2, 0) is 30.3 Å². The Bertz CT molecular complexity index is 3570. The van der Waals surface area contributed by atoms with Gasteiger partial charge in [-0.1, -0.05) is 67.9 Å². The first kappa shape index (κ1) is 83.1. The average Bonchev–Trinajstić information content (AvgIpc) is 0.857. The summed E-state index contributed by atoms with van der Waals surface area (Å²) in [7, 11) is 1.60. The number of nitrogens with one attached hydrogen (secondary N) is 8. The van der Waals surface area contributed by atoms with Crippen molar-refractivity contribution in [2.75, 3.05) is 197 Å². The van der Waals surface area contributed by atoms with E-state index in [0.717, 1.165) is 12.0 Å². The van der Waals surface area contributed by atoms with Crippen molar-refractivity contribution in [3.8, 4) is 17.2 Å². The quantitative estimate of drug-likeness (QED) is 0.0337. The fraction of sp³-hybridized carbons (Fsp3) is 0.500. The number of amides is 8. The van der Waals surface area contributed by atoms with Gasteiger partial charge in [0.1, 0.15) is 23.9 Å². The number of unbranched alkanes of at least 4 members (excludes halogenated alkanes) is 1. The fourth-order valence-electron chi connectivity index (χ4n) is 11.9. The Kier molecular flexibility index (Phi) is 36.9. The van der Waals surface area contributed by atoms with E-state index in [1.807, 2.05) is 52.0 Å². The highest BCUT2D eigenvalue weighted by Gasteiger charge is 2.27. The van der Waals surface area contributed by atoms with E-state index in [-0.39, 0.29) is 142 Å². The maximum absolute atomic E-state index is 14.5. The standard InChI is InChI=1S/C76H107N13O16/c1-4-44-101-49-50-102-45-42-88-37-30-82-72(95)61-20-11-19-60(66(61)90)71(94)80-27-35-87(36-29-83-74(97)64-23-13-24-65(75(98)84-31-38-88)68(64)105-54-56-14-6-5-7-15-56)41-40-86-33-26-78-69(92)58-17-10-18-59(55(58)2)70(93)79-32-39-89(43-46-103-51-52-104-48-47-100-3)53-57(16-8-9-25-77)85-76(99)63-22-12-21-62(67(63)91)73(96)81-28-34-86/h5-7,10-15,17-24,57,90-91H,4,8-9,16,25-54,77H2,1-3H3,(H,78,92)(H,79,93)(H,80,94)(H,81,96)(H,82,95)(H,83,97)(H,84,98)(H,85,99). The first-order valence-electron chi connectivity index (χ1n) is 36.3. The molecule has 105 heavy (non-hydrogen) atoms. The summed E-state index contributed by atoms with van der Waals surface area (Å²) in [5, 5.41) is 46.9. The number of methoxy groups -OCH3 is 1. The Balaban J connectivity index is 1.12. The number of carbonyl (C=O) groups is 8. The second-order valence-corrected chi connectivity index (χ2v) is 25.4. The monoisotopic (exact) mass is 1460 g/mol. The predicted octanol–water partition coefficient (Wildman–Crippen LogP) is 2.78. The van der Waals surface area contributed by atoms with Crippen LogP contribution in [0.5, 0.6) is 17.2 Å². The molecule has 5 aromatic carbocycles. The molecule has 8 bridgehead atoms. The zero-order valence-corrected chi connectivity index (χ0v) is 60.9. The Morgan fingerprint density at radius 1 is 0.410 bits per heavy atom. The van der Waals surface area contributed by atoms with Crippen molar-refractivity contribution in [1.29, 1.82) is 0 Å². The lowest BCUT2D eigenvalue weighted by atomic mass is 10.0. The van der Waals surface area contributed by atoms with Crippen LogP contribution in [0, 0.1) is 6.92 Å². The molecule has 0 fully saturated rings. The summed E-state index contributed by atoms with van der Waals surface area (Å²) in [5.74, 6) is -5.28. The molecule has 7 rings (SSSR count). The van der Waals surface area contributed by atoms with Gasteiger partial charge in [0.05, 0.1) is 86.2 Å². The average molecular weight is 1460 g/mol. The molecule has 0 aliphatic carbocycles. The lowest BCUT2D eigenvalue weighted by Crippen LogP contribution is -2.47. The minimum Gasteiger partial charge on any atom is -0.506 e. The molecule has 572 valence electrons. The third kappa shape index (κ3) is 28.0. The van der Waals surface area contributed by atoms with Crippen molar-refractivity contribution in [3.05, 3.63) is 159 Å². The minimum atomic E-state index is -0.648. The summed E-state index contributed by atoms with van der Waals surface area (Å²) in [5.41, 5.74) is 7.52.